The molecule has 0 saturated heterocycles. The van der Waals surface area contributed by atoms with Crippen molar-refractivity contribution in [1.29, 1.82) is 0 Å². The lowest BCUT2D eigenvalue weighted by Crippen LogP contribution is -2.26. The first-order valence-electron chi connectivity index (χ1n) is 8.48. The highest BCUT2D eigenvalue weighted by molar-refractivity contribution is 6.30. The minimum Gasteiger partial charge on any atom is -0.324 e. The van der Waals surface area contributed by atoms with Gasteiger partial charge in [0.25, 0.3) is 12.9 Å². The van der Waals surface area contributed by atoms with Gasteiger partial charge in [-0.25, -0.2) is 17.6 Å². The normalized spacial score (nSPS) is 12.6. The zero-order chi connectivity index (χ0) is 21.1. The van der Waals surface area contributed by atoms with E-state index in [9.17, 15) is 22.4 Å². The van der Waals surface area contributed by atoms with Crippen molar-refractivity contribution < 1.29 is 22.4 Å². The van der Waals surface area contributed by atoms with E-state index in [4.69, 9.17) is 11.6 Å². The van der Waals surface area contributed by atoms with Crippen LogP contribution in [-0.2, 0) is 11.3 Å². The molecule has 0 aliphatic rings. The molecule has 1 unspecified atom stereocenters. The molecule has 0 fully saturated rings. The minimum absolute atomic E-state index is 0.401. The van der Waals surface area contributed by atoms with Crippen molar-refractivity contribution in [2.75, 3.05) is 5.32 Å². The van der Waals surface area contributed by atoms with Gasteiger partial charge in [-0.2, -0.15) is 10.2 Å². The number of rotatable bonds is 7. The third-order valence-electron chi connectivity index (χ3n) is 4.12. The van der Waals surface area contributed by atoms with Crippen molar-refractivity contribution in [3.05, 3.63) is 64.7 Å². The smallest absolute Gasteiger partial charge is 0.282 e. The van der Waals surface area contributed by atoms with Gasteiger partial charge in [0.1, 0.15) is 17.4 Å². The summed E-state index contributed by atoms with van der Waals surface area (Å²) in [5, 5.41) is 10.6. The maximum atomic E-state index is 13.2. The van der Waals surface area contributed by atoms with Crippen molar-refractivity contribution in [1.82, 2.24) is 19.6 Å². The fraction of sp³-hybridized carbons (Fsp3) is 0.278. The van der Waals surface area contributed by atoms with Gasteiger partial charge in [-0.15, -0.1) is 0 Å². The number of carbonyl (C=O) groups is 1. The summed E-state index contributed by atoms with van der Waals surface area (Å²) < 4.78 is 54.2. The fourth-order valence-corrected chi connectivity index (χ4v) is 2.88. The highest BCUT2D eigenvalue weighted by Crippen LogP contribution is 2.28. The summed E-state index contributed by atoms with van der Waals surface area (Å²) in [5.41, 5.74) is -0.327. The van der Waals surface area contributed by atoms with E-state index in [1.54, 1.807) is 29.1 Å². The number of amides is 1. The van der Waals surface area contributed by atoms with Crippen LogP contribution >= 0.6 is 11.6 Å². The largest absolute Gasteiger partial charge is 0.324 e. The minimum atomic E-state index is -3.05. The number of anilines is 1. The van der Waals surface area contributed by atoms with Crippen LogP contribution in [0.3, 0.4) is 0 Å². The number of carbonyl (C=O) groups excluding carboxylic acids is 1. The molecule has 1 amide bonds. The summed E-state index contributed by atoms with van der Waals surface area (Å²) in [6.07, 6.45) is -2.93. The number of nitrogens with one attached hydrogen (secondary N) is 1. The third kappa shape index (κ3) is 4.94. The monoisotopic (exact) mass is 429 g/mol. The number of nitrogens with zero attached hydrogens (tertiary/aromatic N) is 4. The van der Waals surface area contributed by atoms with Crippen molar-refractivity contribution in [2.24, 2.45) is 0 Å². The van der Waals surface area contributed by atoms with Crippen molar-refractivity contribution in [3.8, 4) is 0 Å². The van der Waals surface area contributed by atoms with Gasteiger partial charge in [0.2, 0.25) is 5.91 Å². The highest BCUT2D eigenvalue weighted by Gasteiger charge is 2.27. The molecule has 154 valence electrons. The van der Waals surface area contributed by atoms with Gasteiger partial charge in [-0.3, -0.25) is 14.2 Å². The molecule has 1 N–H and O–H groups in total. The number of alkyl halides is 4. The average molecular weight is 430 g/mol. The van der Waals surface area contributed by atoms with Crippen LogP contribution in [0, 0.1) is 0 Å². The van der Waals surface area contributed by atoms with E-state index in [1.165, 1.54) is 13.1 Å². The number of hydrogen-bond acceptors (Lipinski definition) is 3. The van der Waals surface area contributed by atoms with Gasteiger partial charge < -0.3 is 5.32 Å². The molecule has 11 heteroatoms. The van der Waals surface area contributed by atoms with Crippen LogP contribution in [0.15, 0.2) is 42.7 Å². The standard InChI is InChI=1S/C18H16ClF4N5O/c1-10(28-15(17(22)23)6-14(26-28)16(20)21)18(29)25-13-4-2-3-11(5-13)8-27-9-12(19)7-24-27/h2-7,9-10,16-17H,8H2,1H3,(H,25,29). The van der Waals surface area contributed by atoms with Crippen LogP contribution in [0.2, 0.25) is 5.02 Å². The Kier molecular flexibility index (Phi) is 6.21. The lowest BCUT2D eigenvalue weighted by atomic mass is 10.2. The SMILES string of the molecule is CC(C(=O)Nc1cccc(Cn2cc(Cl)cn2)c1)n1nc(C(F)F)cc1C(F)F. The summed E-state index contributed by atoms with van der Waals surface area (Å²) in [7, 11) is 0. The summed E-state index contributed by atoms with van der Waals surface area (Å²) in [6, 6.07) is 6.20. The zero-order valence-electron chi connectivity index (χ0n) is 15.1. The molecule has 0 aliphatic heterocycles. The Morgan fingerprint density at radius 2 is 1.97 bits per heavy atom. The van der Waals surface area contributed by atoms with Crippen LogP contribution < -0.4 is 5.32 Å². The van der Waals surface area contributed by atoms with Gasteiger partial charge in [-0.1, -0.05) is 23.7 Å². The molecule has 3 rings (SSSR count). The first-order chi connectivity index (χ1) is 13.7. The quantitative estimate of drug-likeness (QED) is 0.546. The molecule has 6 nitrogen and oxygen atoms in total. The maximum absolute atomic E-state index is 13.2. The molecule has 0 aliphatic carbocycles. The van der Waals surface area contributed by atoms with Crippen LogP contribution in [0.4, 0.5) is 23.2 Å². The lowest BCUT2D eigenvalue weighted by molar-refractivity contribution is -0.119. The second-order valence-corrected chi connectivity index (χ2v) is 6.70. The predicted molar refractivity (Wildman–Crippen MR) is 98.3 cm³/mol. The Hall–Kier alpha value is -2.88. The van der Waals surface area contributed by atoms with Crippen LogP contribution in [0.5, 0.6) is 0 Å². The number of hydrogen-bond donors (Lipinski definition) is 1. The molecule has 0 saturated carbocycles. The van der Waals surface area contributed by atoms with E-state index in [-0.39, 0.29) is 0 Å². The maximum Gasteiger partial charge on any atom is 0.282 e. The first-order valence-corrected chi connectivity index (χ1v) is 8.85. The second kappa shape index (κ2) is 8.64. The molecule has 3 aromatic rings. The third-order valence-corrected chi connectivity index (χ3v) is 4.31. The molecule has 29 heavy (non-hydrogen) atoms. The van der Waals surface area contributed by atoms with Gasteiger partial charge in [0.15, 0.2) is 0 Å². The van der Waals surface area contributed by atoms with Gasteiger partial charge in [-0.05, 0) is 30.7 Å². The number of halogens is 5. The Balaban J connectivity index is 1.75. The Labute approximate surface area is 168 Å². The van der Waals surface area contributed by atoms with Gasteiger partial charge in [0, 0.05) is 11.9 Å². The van der Waals surface area contributed by atoms with Crippen LogP contribution in [0.25, 0.3) is 0 Å². The van der Waals surface area contributed by atoms with Crippen LogP contribution in [0.1, 0.15) is 42.8 Å². The molecular formula is C18H16ClF4N5O. The van der Waals surface area contributed by atoms with E-state index >= 15 is 0 Å². The molecular weight excluding hydrogens is 414 g/mol. The van der Waals surface area contributed by atoms with E-state index < -0.39 is 36.2 Å². The van der Waals surface area contributed by atoms with Gasteiger partial charge >= 0.3 is 0 Å². The fourth-order valence-electron chi connectivity index (χ4n) is 2.73. The summed E-state index contributed by atoms with van der Waals surface area (Å²) >= 11 is 5.83. The second-order valence-electron chi connectivity index (χ2n) is 6.26. The van der Waals surface area contributed by atoms with Crippen molar-refractivity contribution >= 4 is 23.2 Å². The van der Waals surface area contributed by atoms with Gasteiger partial charge in [0.05, 0.1) is 17.8 Å². The van der Waals surface area contributed by atoms with Crippen molar-refractivity contribution in [3.63, 3.8) is 0 Å². The van der Waals surface area contributed by atoms with Crippen LogP contribution in [-0.4, -0.2) is 25.5 Å². The van der Waals surface area contributed by atoms with Crippen molar-refractivity contribution in [2.45, 2.75) is 32.4 Å². The molecule has 0 radical (unpaired) electrons. The molecule has 0 spiro atoms. The molecule has 2 heterocycles. The summed E-state index contributed by atoms with van der Waals surface area (Å²) in [4.78, 5) is 12.5. The molecule has 1 aromatic carbocycles. The number of aromatic nitrogens is 4. The van der Waals surface area contributed by atoms with E-state index in [0.717, 1.165) is 5.56 Å². The lowest BCUT2D eigenvalue weighted by Gasteiger charge is -2.16. The Bertz CT molecular complexity index is 1000. The van der Waals surface area contributed by atoms with E-state index in [0.29, 0.717) is 28.0 Å². The molecule has 1 atom stereocenters. The molecule has 0 bridgehead atoms. The number of benzene rings is 1. The highest BCUT2D eigenvalue weighted by atomic mass is 35.5. The predicted octanol–water partition coefficient (Wildman–Crippen LogP) is 4.86. The summed E-state index contributed by atoms with van der Waals surface area (Å²) in [5.74, 6) is -0.671. The zero-order valence-corrected chi connectivity index (χ0v) is 15.8. The average Bonchev–Trinajstić information content (AvgIpc) is 3.28. The first kappa shape index (κ1) is 20.8. The topological polar surface area (TPSA) is 64.7 Å². The van der Waals surface area contributed by atoms with E-state index in [1.807, 2.05) is 6.07 Å². The van der Waals surface area contributed by atoms with E-state index in [2.05, 4.69) is 15.5 Å². The Morgan fingerprint density at radius 1 is 1.21 bits per heavy atom. The molecule has 2 aromatic heterocycles. The Morgan fingerprint density at radius 3 is 2.59 bits per heavy atom. The summed E-state index contributed by atoms with van der Waals surface area (Å²) in [6.45, 7) is 1.71.